The molecule has 0 amide bonds. The van der Waals surface area contributed by atoms with E-state index in [0.717, 1.165) is 0 Å². The largest absolute Gasteiger partial charge is 3.00 e. The summed E-state index contributed by atoms with van der Waals surface area (Å²) in [6.07, 6.45) is 0. The average Bonchev–Trinajstić information content (AvgIpc) is 0. The molecule has 0 N–H and O–H groups in total. The molecule has 0 aromatic carbocycles. The van der Waals surface area contributed by atoms with E-state index in [1.54, 1.807) is 0 Å². The van der Waals surface area contributed by atoms with Crippen LogP contribution in [0.1, 0.15) is 0 Å². The molecule has 21 valence electrons. The van der Waals surface area contributed by atoms with Gasteiger partial charge in [0.25, 0.3) is 0 Å². The summed E-state index contributed by atoms with van der Waals surface area (Å²) in [6, 6.07) is 0. The van der Waals surface area contributed by atoms with Crippen molar-refractivity contribution in [2.75, 3.05) is 0 Å². The molecular weight excluding hydrogens is 111 g/mol. The van der Waals surface area contributed by atoms with E-state index >= 15 is 0 Å². The van der Waals surface area contributed by atoms with Crippen molar-refractivity contribution in [1.29, 1.82) is 0 Å². The molecule has 0 aromatic heterocycles. The van der Waals surface area contributed by atoms with Crippen molar-refractivity contribution in [2.45, 2.75) is 0 Å². The predicted molar refractivity (Wildman–Crippen MR) is 1.37 cm³/mol. The van der Waals surface area contributed by atoms with Crippen molar-refractivity contribution >= 4 is 0 Å². The zero-order valence-electron chi connectivity index (χ0n) is 2.17. The van der Waals surface area contributed by atoms with Crippen LogP contribution in [0.5, 0.6) is 0 Å². The summed E-state index contributed by atoms with van der Waals surface area (Å²) in [4.78, 5) is 0. The van der Waals surface area contributed by atoms with E-state index in [1.807, 2.05) is 0 Å². The minimum atomic E-state index is 0. The third-order valence-electron chi connectivity index (χ3n) is 0. The van der Waals surface area contributed by atoms with Gasteiger partial charge >= 0.3 is 46.6 Å². The van der Waals surface area contributed by atoms with Crippen molar-refractivity contribution in [3.8, 4) is 0 Å². The minimum Gasteiger partial charge on any atom is -2.00 e. The summed E-state index contributed by atoms with van der Waals surface area (Å²) in [5, 5.41) is 0. The molecular formula is FeNaO2. The topological polar surface area (TPSA) is 57.0 Å². The third kappa shape index (κ3) is 9.88. The molecule has 0 saturated carbocycles. The molecule has 0 heterocycles. The van der Waals surface area contributed by atoms with Gasteiger partial charge in [0.15, 0.2) is 0 Å². The minimum absolute atomic E-state index is 0. The molecule has 0 saturated heterocycles. The van der Waals surface area contributed by atoms with E-state index in [4.69, 9.17) is 0 Å². The molecule has 0 bridgehead atoms. The standard InChI is InChI=1S/Fe.Na.2O/q+3;+1;2*-2. The Hall–Kier alpha value is 1.44. The summed E-state index contributed by atoms with van der Waals surface area (Å²) < 4.78 is 0. The molecule has 1 radical (unpaired) electrons. The first-order valence-electron chi connectivity index (χ1n) is 0. The van der Waals surface area contributed by atoms with E-state index in [-0.39, 0.29) is 57.6 Å². The van der Waals surface area contributed by atoms with Crippen LogP contribution in [-0.4, -0.2) is 0 Å². The van der Waals surface area contributed by atoms with Gasteiger partial charge in [0.05, 0.1) is 0 Å². The van der Waals surface area contributed by atoms with Crippen LogP contribution < -0.4 is 29.6 Å². The van der Waals surface area contributed by atoms with Gasteiger partial charge in [-0.3, -0.25) is 0 Å². The maximum atomic E-state index is 0. The maximum Gasteiger partial charge on any atom is 3.00 e. The summed E-state index contributed by atoms with van der Waals surface area (Å²) in [7, 11) is 0. The fraction of sp³-hybridized carbons (Fsp3) is 0. The summed E-state index contributed by atoms with van der Waals surface area (Å²) in [5.41, 5.74) is 0. The van der Waals surface area contributed by atoms with E-state index in [0.29, 0.717) is 0 Å². The molecule has 0 aliphatic heterocycles. The Bertz CT molecular complexity index is 6.00. The van der Waals surface area contributed by atoms with Gasteiger partial charge in [-0.15, -0.1) is 0 Å². The van der Waals surface area contributed by atoms with Crippen LogP contribution in [0.2, 0.25) is 0 Å². The average molecular weight is 111 g/mol. The Balaban J connectivity index is 0. The van der Waals surface area contributed by atoms with Gasteiger partial charge in [0.2, 0.25) is 0 Å². The molecule has 0 atom stereocenters. The van der Waals surface area contributed by atoms with Gasteiger partial charge in [0, 0.05) is 0 Å². The fourth-order valence-electron chi connectivity index (χ4n) is 0. The molecule has 0 spiro atoms. The van der Waals surface area contributed by atoms with Crippen LogP contribution in [0, 0.1) is 0 Å². The third-order valence-corrected chi connectivity index (χ3v) is 0. The first kappa shape index (κ1) is 51.7. The van der Waals surface area contributed by atoms with Crippen LogP contribution in [0.15, 0.2) is 0 Å². The Morgan fingerprint density at radius 3 is 0.750 bits per heavy atom. The Labute approximate surface area is 57.3 Å². The van der Waals surface area contributed by atoms with Crippen LogP contribution in [-0.2, 0) is 28.0 Å². The second-order valence-electron chi connectivity index (χ2n) is 0. The van der Waals surface area contributed by atoms with Crippen LogP contribution in [0.4, 0.5) is 0 Å². The molecule has 0 unspecified atom stereocenters. The van der Waals surface area contributed by atoms with E-state index in [1.165, 1.54) is 0 Å². The van der Waals surface area contributed by atoms with Gasteiger partial charge in [-0.1, -0.05) is 0 Å². The molecule has 4 heavy (non-hydrogen) atoms. The zero-order chi connectivity index (χ0) is 0. The van der Waals surface area contributed by atoms with E-state index in [9.17, 15) is 0 Å². The molecule has 2 nitrogen and oxygen atoms in total. The van der Waals surface area contributed by atoms with Crippen molar-refractivity contribution in [2.24, 2.45) is 0 Å². The Kier molecular flexibility index (Phi) is 328. The second kappa shape index (κ2) is 25.3. The molecule has 0 rings (SSSR count). The number of rotatable bonds is 0. The van der Waals surface area contributed by atoms with Gasteiger partial charge < -0.3 is 11.0 Å². The van der Waals surface area contributed by atoms with Crippen molar-refractivity contribution < 1.29 is 57.6 Å². The van der Waals surface area contributed by atoms with Crippen molar-refractivity contribution in [3.05, 3.63) is 0 Å². The fourth-order valence-corrected chi connectivity index (χ4v) is 0. The summed E-state index contributed by atoms with van der Waals surface area (Å²) >= 11 is 0. The second-order valence-corrected chi connectivity index (χ2v) is 0. The van der Waals surface area contributed by atoms with Crippen LogP contribution >= 0.6 is 0 Å². The summed E-state index contributed by atoms with van der Waals surface area (Å²) in [6.45, 7) is 0. The Morgan fingerprint density at radius 1 is 0.750 bits per heavy atom. The van der Waals surface area contributed by atoms with Crippen molar-refractivity contribution in [3.63, 3.8) is 0 Å². The van der Waals surface area contributed by atoms with E-state index < -0.39 is 0 Å². The molecule has 0 fully saturated rings. The number of hydrogen-bond donors (Lipinski definition) is 0. The van der Waals surface area contributed by atoms with Crippen LogP contribution in [0.25, 0.3) is 0 Å². The molecule has 0 aliphatic rings. The quantitative estimate of drug-likeness (QED) is 0.295. The molecule has 0 aliphatic carbocycles. The van der Waals surface area contributed by atoms with Gasteiger partial charge in [-0.2, -0.15) is 0 Å². The predicted octanol–water partition coefficient (Wildman–Crippen LogP) is -3.24. The zero-order valence-corrected chi connectivity index (χ0v) is 5.27. The first-order valence-corrected chi connectivity index (χ1v) is 0. The van der Waals surface area contributed by atoms with Gasteiger partial charge in [-0.25, -0.2) is 0 Å². The maximum absolute atomic E-state index is 0. The molecule has 0 aromatic rings. The van der Waals surface area contributed by atoms with E-state index in [2.05, 4.69) is 0 Å². The first-order chi connectivity index (χ1) is 0. The van der Waals surface area contributed by atoms with Crippen LogP contribution in [0.3, 0.4) is 0 Å². The SMILES string of the molecule is [Fe+3].[Na+].[O-2].[O-2]. The van der Waals surface area contributed by atoms with Crippen molar-refractivity contribution in [1.82, 2.24) is 0 Å². The Morgan fingerprint density at radius 2 is 0.750 bits per heavy atom. The smallest absolute Gasteiger partial charge is 2.00 e. The molecule has 4 heteroatoms. The van der Waals surface area contributed by atoms with Gasteiger partial charge in [-0.05, 0) is 0 Å². The monoisotopic (exact) mass is 111 g/mol. The number of hydrogen-bond acceptors (Lipinski definition) is 0. The normalized spacial score (nSPS) is 0. The van der Waals surface area contributed by atoms with Gasteiger partial charge in [0.1, 0.15) is 0 Å². The summed E-state index contributed by atoms with van der Waals surface area (Å²) in [5.74, 6) is 0.